The van der Waals surface area contributed by atoms with Crippen molar-refractivity contribution in [2.75, 3.05) is 27.3 Å². The molecule has 0 aliphatic rings. The van der Waals surface area contributed by atoms with Gasteiger partial charge >= 0.3 is 5.97 Å². The average molecular weight is 377 g/mol. The third-order valence-electron chi connectivity index (χ3n) is 3.69. The number of sulfonamides is 1. The standard InChI is InChI=1S/C19H23NO5S/c1-15-4-6-16(7-5-15)14-19(21)25-13-12-24-17-8-10-18(11-9-17)26(22,23)20(2)3/h4-11H,12-14H2,1-3H3. The zero-order chi connectivity index (χ0) is 19.2. The number of ether oxygens (including phenoxy) is 2. The van der Waals surface area contributed by atoms with Crippen LogP contribution in [0, 0.1) is 6.92 Å². The van der Waals surface area contributed by atoms with Gasteiger partial charge in [0.1, 0.15) is 19.0 Å². The topological polar surface area (TPSA) is 72.9 Å². The maximum Gasteiger partial charge on any atom is 0.310 e. The van der Waals surface area contributed by atoms with E-state index in [4.69, 9.17) is 9.47 Å². The monoisotopic (exact) mass is 377 g/mol. The van der Waals surface area contributed by atoms with E-state index in [0.29, 0.717) is 5.75 Å². The number of aryl methyl sites for hydroxylation is 1. The number of carbonyl (C=O) groups excluding carboxylic acids is 1. The predicted molar refractivity (Wildman–Crippen MR) is 98.7 cm³/mol. The molecule has 0 atom stereocenters. The van der Waals surface area contributed by atoms with Gasteiger partial charge in [-0.3, -0.25) is 4.79 Å². The van der Waals surface area contributed by atoms with Gasteiger partial charge < -0.3 is 9.47 Å². The molecule has 0 N–H and O–H groups in total. The molecule has 2 aromatic rings. The Morgan fingerprint density at radius 3 is 2.15 bits per heavy atom. The summed E-state index contributed by atoms with van der Waals surface area (Å²) >= 11 is 0. The molecule has 0 spiro atoms. The molecule has 2 rings (SSSR count). The number of nitrogens with zero attached hydrogens (tertiary/aromatic N) is 1. The fourth-order valence-electron chi connectivity index (χ4n) is 2.16. The maximum atomic E-state index is 12.0. The Balaban J connectivity index is 1.76. The molecular weight excluding hydrogens is 354 g/mol. The molecule has 0 aliphatic carbocycles. The lowest BCUT2D eigenvalue weighted by Crippen LogP contribution is -2.22. The third kappa shape index (κ3) is 5.57. The van der Waals surface area contributed by atoms with Crippen molar-refractivity contribution in [1.29, 1.82) is 0 Å². The summed E-state index contributed by atoms with van der Waals surface area (Å²) in [5.41, 5.74) is 2.04. The average Bonchev–Trinajstić information content (AvgIpc) is 2.61. The van der Waals surface area contributed by atoms with Crippen molar-refractivity contribution >= 4 is 16.0 Å². The van der Waals surface area contributed by atoms with Gasteiger partial charge in [0.05, 0.1) is 11.3 Å². The molecule has 0 saturated carbocycles. The second kappa shape index (κ2) is 8.82. The van der Waals surface area contributed by atoms with Gasteiger partial charge in [-0.1, -0.05) is 29.8 Å². The number of esters is 1. The van der Waals surface area contributed by atoms with Crippen LogP contribution in [-0.2, 0) is 26.0 Å². The first kappa shape index (κ1) is 19.9. The zero-order valence-electron chi connectivity index (χ0n) is 15.1. The summed E-state index contributed by atoms with van der Waals surface area (Å²) < 4.78 is 35.7. The second-order valence-electron chi connectivity index (χ2n) is 5.99. The lowest BCUT2D eigenvalue weighted by Gasteiger charge is -2.12. The molecule has 0 saturated heterocycles. The van der Waals surface area contributed by atoms with Gasteiger partial charge in [-0.25, -0.2) is 12.7 Å². The molecule has 0 unspecified atom stereocenters. The third-order valence-corrected chi connectivity index (χ3v) is 5.52. The molecule has 0 radical (unpaired) electrons. The van der Waals surface area contributed by atoms with Gasteiger partial charge in [0.25, 0.3) is 0 Å². The Bertz CT molecular complexity index is 827. The first-order valence-corrected chi connectivity index (χ1v) is 9.59. The molecule has 140 valence electrons. The van der Waals surface area contributed by atoms with Crippen LogP contribution in [0.3, 0.4) is 0 Å². The van der Waals surface area contributed by atoms with Crippen molar-refractivity contribution in [3.05, 3.63) is 59.7 Å². The molecule has 7 heteroatoms. The van der Waals surface area contributed by atoms with Crippen LogP contribution in [0.2, 0.25) is 0 Å². The van der Waals surface area contributed by atoms with Crippen molar-refractivity contribution in [3.63, 3.8) is 0 Å². The highest BCUT2D eigenvalue weighted by Crippen LogP contribution is 2.18. The van der Waals surface area contributed by atoms with Gasteiger partial charge in [0, 0.05) is 14.1 Å². The lowest BCUT2D eigenvalue weighted by atomic mass is 10.1. The minimum atomic E-state index is -3.45. The van der Waals surface area contributed by atoms with Crippen LogP contribution in [0.5, 0.6) is 5.75 Å². The van der Waals surface area contributed by atoms with Crippen LogP contribution in [0.25, 0.3) is 0 Å². The summed E-state index contributed by atoms with van der Waals surface area (Å²) in [5, 5.41) is 0. The smallest absolute Gasteiger partial charge is 0.310 e. The second-order valence-corrected chi connectivity index (χ2v) is 8.14. The number of rotatable bonds is 8. The molecule has 0 aromatic heterocycles. The van der Waals surface area contributed by atoms with E-state index in [1.54, 1.807) is 12.1 Å². The summed E-state index contributed by atoms with van der Waals surface area (Å²) in [6, 6.07) is 13.8. The Morgan fingerprint density at radius 2 is 1.58 bits per heavy atom. The van der Waals surface area contributed by atoms with Crippen LogP contribution < -0.4 is 4.74 Å². The first-order valence-electron chi connectivity index (χ1n) is 8.15. The van der Waals surface area contributed by atoms with Crippen molar-refractivity contribution in [1.82, 2.24) is 4.31 Å². The van der Waals surface area contributed by atoms with Gasteiger partial charge in [-0.05, 0) is 36.8 Å². The van der Waals surface area contributed by atoms with Gasteiger partial charge in [0.15, 0.2) is 0 Å². The fraction of sp³-hybridized carbons (Fsp3) is 0.316. The molecule has 0 aliphatic heterocycles. The largest absolute Gasteiger partial charge is 0.490 e. The Labute approximate surface area is 154 Å². The highest BCUT2D eigenvalue weighted by atomic mass is 32.2. The summed E-state index contributed by atoms with van der Waals surface area (Å²) in [5.74, 6) is 0.196. The van der Waals surface area contributed by atoms with E-state index < -0.39 is 10.0 Å². The number of hydrogen-bond donors (Lipinski definition) is 0. The summed E-state index contributed by atoms with van der Waals surface area (Å²) in [7, 11) is -0.500. The molecule has 0 heterocycles. The highest BCUT2D eigenvalue weighted by Gasteiger charge is 2.16. The minimum absolute atomic E-state index is 0.127. The van der Waals surface area contributed by atoms with E-state index in [2.05, 4.69) is 0 Å². The summed E-state index contributed by atoms with van der Waals surface area (Å²) in [4.78, 5) is 12.0. The van der Waals surface area contributed by atoms with E-state index in [0.717, 1.165) is 15.4 Å². The maximum absolute atomic E-state index is 12.0. The van der Waals surface area contributed by atoms with Crippen LogP contribution >= 0.6 is 0 Å². The molecular formula is C19H23NO5S. The van der Waals surface area contributed by atoms with Crippen LogP contribution in [-0.4, -0.2) is 46.0 Å². The van der Waals surface area contributed by atoms with Crippen molar-refractivity contribution in [3.8, 4) is 5.75 Å². The Hall–Kier alpha value is -2.38. The van der Waals surface area contributed by atoms with E-state index in [-0.39, 0.29) is 30.5 Å². The van der Waals surface area contributed by atoms with Gasteiger partial charge in [-0.15, -0.1) is 0 Å². The van der Waals surface area contributed by atoms with Crippen LogP contribution in [0.15, 0.2) is 53.4 Å². The molecule has 26 heavy (non-hydrogen) atoms. The van der Waals surface area contributed by atoms with Crippen molar-refractivity contribution in [2.45, 2.75) is 18.2 Å². The van der Waals surface area contributed by atoms with Crippen LogP contribution in [0.4, 0.5) is 0 Å². The zero-order valence-corrected chi connectivity index (χ0v) is 16.0. The van der Waals surface area contributed by atoms with Crippen molar-refractivity contribution in [2.24, 2.45) is 0 Å². The first-order chi connectivity index (χ1) is 12.3. The molecule has 0 fully saturated rings. The Kier molecular flexibility index (Phi) is 6.76. The number of hydrogen-bond acceptors (Lipinski definition) is 5. The molecule has 0 amide bonds. The van der Waals surface area contributed by atoms with E-state index in [1.807, 2.05) is 31.2 Å². The van der Waals surface area contributed by atoms with Gasteiger partial charge in [-0.2, -0.15) is 0 Å². The number of benzene rings is 2. The highest BCUT2D eigenvalue weighted by molar-refractivity contribution is 7.89. The van der Waals surface area contributed by atoms with Gasteiger partial charge in [0.2, 0.25) is 10.0 Å². The fourth-order valence-corrected chi connectivity index (χ4v) is 3.06. The normalized spacial score (nSPS) is 11.4. The summed E-state index contributed by atoms with van der Waals surface area (Å²) in [6.45, 7) is 2.31. The number of carbonyl (C=O) groups is 1. The van der Waals surface area contributed by atoms with E-state index >= 15 is 0 Å². The molecule has 0 bridgehead atoms. The molecule has 2 aromatic carbocycles. The Morgan fingerprint density at radius 1 is 0.962 bits per heavy atom. The summed E-state index contributed by atoms with van der Waals surface area (Å²) in [6.07, 6.45) is 0.220. The van der Waals surface area contributed by atoms with Crippen molar-refractivity contribution < 1.29 is 22.7 Å². The molecule has 6 nitrogen and oxygen atoms in total. The quantitative estimate of drug-likeness (QED) is 0.522. The van der Waals surface area contributed by atoms with E-state index in [1.165, 1.54) is 26.2 Å². The van der Waals surface area contributed by atoms with Crippen LogP contribution in [0.1, 0.15) is 11.1 Å². The predicted octanol–water partition coefficient (Wildman–Crippen LogP) is 2.41. The van der Waals surface area contributed by atoms with E-state index in [9.17, 15) is 13.2 Å². The lowest BCUT2D eigenvalue weighted by molar-refractivity contribution is -0.143. The minimum Gasteiger partial charge on any atom is -0.490 e. The SMILES string of the molecule is Cc1ccc(CC(=O)OCCOc2ccc(S(=O)(=O)N(C)C)cc2)cc1.